The van der Waals surface area contributed by atoms with Crippen molar-refractivity contribution >= 4 is 5.96 Å². The number of ether oxygens (including phenoxy) is 1. The van der Waals surface area contributed by atoms with Gasteiger partial charge in [-0.1, -0.05) is 30.3 Å². The highest BCUT2D eigenvalue weighted by atomic mass is 16.5. The largest absolute Gasteiger partial charge is 0.375 e. The van der Waals surface area contributed by atoms with E-state index in [9.17, 15) is 0 Å². The second-order valence-corrected chi connectivity index (χ2v) is 5.43. The van der Waals surface area contributed by atoms with Crippen molar-refractivity contribution in [2.45, 2.75) is 20.1 Å². The molecule has 0 fully saturated rings. The van der Waals surface area contributed by atoms with E-state index in [0.29, 0.717) is 26.3 Å². The van der Waals surface area contributed by atoms with Gasteiger partial charge in [0.15, 0.2) is 5.96 Å². The maximum atomic E-state index is 5.67. The zero-order valence-corrected chi connectivity index (χ0v) is 14.6. The van der Waals surface area contributed by atoms with Crippen molar-refractivity contribution in [3.63, 3.8) is 0 Å². The summed E-state index contributed by atoms with van der Waals surface area (Å²) < 4.78 is 7.44. The molecular formula is C17H26N6O. The van der Waals surface area contributed by atoms with Gasteiger partial charge < -0.3 is 15.0 Å². The third-order valence-corrected chi connectivity index (χ3v) is 3.49. The van der Waals surface area contributed by atoms with E-state index in [-0.39, 0.29) is 0 Å². The Morgan fingerprint density at radius 1 is 1.33 bits per heavy atom. The summed E-state index contributed by atoms with van der Waals surface area (Å²) in [5.74, 6) is 1.73. The number of aromatic nitrogens is 3. The van der Waals surface area contributed by atoms with Gasteiger partial charge in [0, 0.05) is 20.6 Å². The zero-order valence-electron chi connectivity index (χ0n) is 14.6. The van der Waals surface area contributed by atoms with Crippen LogP contribution in [0.3, 0.4) is 0 Å². The molecule has 7 nitrogen and oxygen atoms in total. The lowest BCUT2D eigenvalue weighted by Gasteiger charge is -2.21. The molecular weight excluding hydrogens is 304 g/mol. The van der Waals surface area contributed by atoms with E-state index < -0.39 is 0 Å². The van der Waals surface area contributed by atoms with Gasteiger partial charge in [-0.3, -0.25) is 9.67 Å². The van der Waals surface area contributed by atoms with E-state index in [1.807, 2.05) is 37.2 Å². The van der Waals surface area contributed by atoms with Crippen LogP contribution in [-0.2, 0) is 24.9 Å². The smallest absolute Gasteiger partial charge is 0.194 e. The monoisotopic (exact) mass is 330 g/mol. The summed E-state index contributed by atoms with van der Waals surface area (Å²) in [5.41, 5.74) is 1.17. The van der Waals surface area contributed by atoms with Gasteiger partial charge in [0.2, 0.25) is 0 Å². The first-order chi connectivity index (χ1) is 11.7. The van der Waals surface area contributed by atoms with E-state index in [1.165, 1.54) is 5.56 Å². The Balaban J connectivity index is 1.80. The van der Waals surface area contributed by atoms with Crippen LogP contribution >= 0.6 is 0 Å². The predicted octanol–water partition coefficient (Wildman–Crippen LogP) is 1.43. The van der Waals surface area contributed by atoms with Gasteiger partial charge in [-0.25, -0.2) is 4.98 Å². The predicted molar refractivity (Wildman–Crippen MR) is 94.5 cm³/mol. The first-order valence-electron chi connectivity index (χ1n) is 8.14. The summed E-state index contributed by atoms with van der Waals surface area (Å²) in [7, 11) is 3.87. The normalized spacial score (nSPS) is 11.5. The second-order valence-electron chi connectivity index (χ2n) is 5.43. The van der Waals surface area contributed by atoms with Crippen LogP contribution in [0.2, 0.25) is 0 Å². The lowest BCUT2D eigenvalue weighted by atomic mass is 10.2. The fourth-order valence-electron chi connectivity index (χ4n) is 2.20. The van der Waals surface area contributed by atoms with Crippen LogP contribution in [0.5, 0.6) is 0 Å². The molecule has 0 saturated carbocycles. The molecule has 2 rings (SSSR count). The van der Waals surface area contributed by atoms with E-state index in [4.69, 9.17) is 4.74 Å². The maximum absolute atomic E-state index is 5.67. The van der Waals surface area contributed by atoms with Crippen molar-refractivity contribution in [3.8, 4) is 0 Å². The average Bonchev–Trinajstić information content (AvgIpc) is 2.99. The molecule has 24 heavy (non-hydrogen) atoms. The topological polar surface area (TPSA) is 67.6 Å². The molecule has 1 heterocycles. The van der Waals surface area contributed by atoms with Crippen LogP contribution in [-0.4, -0.2) is 52.4 Å². The van der Waals surface area contributed by atoms with E-state index in [1.54, 1.807) is 11.0 Å². The summed E-state index contributed by atoms with van der Waals surface area (Å²) >= 11 is 0. The van der Waals surface area contributed by atoms with Crippen molar-refractivity contribution in [3.05, 3.63) is 48.0 Å². The van der Waals surface area contributed by atoms with E-state index in [0.717, 1.165) is 18.3 Å². The molecule has 0 bridgehead atoms. The number of nitrogens with one attached hydrogen (secondary N) is 1. The molecule has 0 amide bonds. The minimum Gasteiger partial charge on any atom is -0.375 e. The van der Waals surface area contributed by atoms with Crippen molar-refractivity contribution in [2.75, 3.05) is 26.7 Å². The van der Waals surface area contributed by atoms with Crippen molar-refractivity contribution < 1.29 is 4.74 Å². The Hall–Kier alpha value is -2.41. The molecule has 1 aromatic heterocycles. The van der Waals surface area contributed by atoms with Gasteiger partial charge in [0.05, 0.1) is 26.3 Å². The molecule has 1 aromatic carbocycles. The van der Waals surface area contributed by atoms with Gasteiger partial charge in [-0.2, -0.15) is 5.10 Å². The third kappa shape index (κ3) is 5.66. The van der Waals surface area contributed by atoms with E-state index >= 15 is 0 Å². The molecule has 0 atom stereocenters. The highest BCUT2D eigenvalue weighted by Gasteiger charge is 2.09. The summed E-state index contributed by atoms with van der Waals surface area (Å²) in [4.78, 5) is 10.9. The molecule has 1 N–H and O–H groups in total. The fourth-order valence-corrected chi connectivity index (χ4v) is 2.20. The second kappa shape index (κ2) is 9.67. The first-order valence-corrected chi connectivity index (χ1v) is 8.14. The number of guanidine groups is 1. The Labute approximate surface area is 143 Å². The van der Waals surface area contributed by atoms with Crippen LogP contribution in [0.1, 0.15) is 18.3 Å². The SMILES string of the molecule is CCNC(=NCCOCc1ccccc1)N(C)Cc1ncnn1C. The van der Waals surface area contributed by atoms with Crippen LogP contribution in [0.25, 0.3) is 0 Å². The quantitative estimate of drug-likeness (QED) is 0.450. The van der Waals surface area contributed by atoms with Crippen LogP contribution in [0, 0.1) is 0 Å². The highest BCUT2D eigenvalue weighted by molar-refractivity contribution is 5.79. The molecule has 0 saturated heterocycles. The van der Waals surface area contributed by atoms with Crippen LogP contribution in [0.4, 0.5) is 0 Å². The molecule has 0 aliphatic carbocycles. The average molecular weight is 330 g/mol. The fraction of sp³-hybridized carbons (Fsp3) is 0.471. The molecule has 0 spiro atoms. The van der Waals surface area contributed by atoms with Crippen molar-refractivity contribution in [1.82, 2.24) is 25.0 Å². The number of rotatable bonds is 8. The molecule has 0 unspecified atom stereocenters. The molecule has 2 aromatic rings. The molecule has 130 valence electrons. The van der Waals surface area contributed by atoms with E-state index in [2.05, 4.69) is 39.4 Å². The van der Waals surface area contributed by atoms with Crippen LogP contribution < -0.4 is 5.32 Å². The Bertz CT molecular complexity index is 625. The number of aliphatic imine (C=N–C) groups is 1. The molecule has 7 heteroatoms. The van der Waals surface area contributed by atoms with Gasteiger partial charge in [-0.15, -0.1) is 0 Å². The minimum atomic E-state index is 0.585. The number of nitrogens with zero attached hydrogens (tertiary/aromatic N) is 5. The summed E-state index contributed by atoms with van der Waals surface area (Å²) in [6.07, 6.45) is 1.56. The van der Waals surface area contributed by atoms with Gasteiger partial charge in [0.1, 0.15) is 12.2 Å². The van der Waals surface area contributed by atoms with Crippen LogP contribution in [0.15, 0.2) is 41.7 Å². The lowest BCUT2D eigenvalue weighted by molar-refractivity contribution is 0.128. The summed E-state index contributed by atoms with van der Waals surface area (Å²) in [6.45, 7) is 5.32. The number of hydrogen-bond acceptors (Lipinski definition) is 4. The van der Waals surface area contributed by atoms with Gasteiger partial charge >= 0.3 is 0 Å². The number of aryl methyl sites for hydroxylation is 1. The van der Waals surface area contributed by atoms with Gasteiger partial charge in [0.25, 0.3) is 0 Å². The van der Waals surface area contributed by atoms with Crippen molar-refractivity contribution in [2.24, 2.45) is 12.0 Å². The van der Waals surface area contributed by atoms with Gasteiger partial charge in [-0.05, 0) is 12.5 Å². The Kier molecular flexibility index (Phi) is 7.22. The highest BCUT2D eigenvalue weighted by Crippen LogP contribution is 2.01. The molecule has 0 aliphatic rings. The molecule has 0 aliphatic heterocycles. The van der Waals surface area contributed by atoms with Crippen molar-refractivity contribution in [1.29, 1.82) is 0 Å². The number of benzene rings is 1. The Morgan fingerprint density at radius 3 is 2.79 bits per heavy atom. The Morgan fingerprint density at radius 2 is 2.12 bits per heavy atom. The molecule has 0 radical (unpaired) electrons. The standard InChI is InChI=1S/C17H26N6O/c1-4-18-17(22(2)12-16-20-14-21-23(16)3)19-10-11-24-13-15-8-6-5-7-9-15/h5-9,14H,4,10-13H2,1-3H3,(H,18,19). The zero-order chi connectivity index (χ0) is 17.2. The summed E-state index contributed by atoms with van der Waals surface area (Å²) in [5, 5.41) is 7.37. The maximum Gasteiger partial charge on any atom is 0.194 e. The summed E-state index contributed by atoms with van der Waals surface area (Å²) in [6, 6.07) is 10.1. The minimum absolute atomic E-state index is 0.585. The number of hydrogen-bond donors (Lipinski definition) is 1. The first kappa shape index (κ1) is 17.9. The third-order valence-electron chi connectivity index (χ3n) is 3.49. The lowest BCUT2D eigenvalue weighted by Crippen LogP contribution is -2.39.